The summed E-state index contributed by atoms with van der Waals surface area (Å²) < 4.78 is 27.4. The number of aromatic nitrogens is 1. The Morgan fingerprint density at radius 2 is 1.42 bits per heavy atom. The standard InChI is InChI=1S/C31H34F2N4O/c1-21-5-14-29(22(2)34-21)24-15-19-36(20-16-24)17-4-18-37-23(3)35-31(30(37)38,25-6-10-27(32)11-7-25)26-8-12-28(33)13-9-26/h5-14,24H,4,15-20H2,1-3H3. The molecule has 1 aromatic heterocycles. The molecule has 0 bridgehead atoms. The van der Waals surface area contributed by atoms with Crippen molar-refractivity contribution in [1.82, 2.24) is 14.8 Å². The van der Waals surface area contributed by atoms with E-state index in [4.69, 9.17) is 4.99 Å². The predicted octanol–water partition coefficient (Wildman–Crippen LogP) is 5.75. The number of piperidine rings is 1. The highest BCUT2D eigenvalue weighted by Crippen LogP contribution is 2.40. The molecule has 0 aliphatic carbocycles. The van der Waals surface area contributed by atoms with Gasteiger partial charge in [-0.25, -0.2) is 13.8 Å². The van der Waals surface area contributed by atoms with Crippen LogP contribution in [0.2, 0.25) is 0 Å². The zero-order valence-corrected chi connectivity index (χ0v) is 22.3. The van der Waals surface area contributed by atoms with E-state index in [2.05, 4.69) is 28.9 Å². The summed E-state index contributed by atoms with van der Waals surface area (Å²) >= 11 is 0. The first-order valence-corrected chi connectivity index (χ1v) is 13.3. The second kappa shape index (κ2) is 10.7. The molecule has 3 aromatic rings. The fourth-order valence-corrected chi connectivity index (χ4v) is 5.93. The van der Waals surface area contributed by atoms with Gasteiger partial charge in [0.2, 0.25) is 0 Å². The lowest BCUT2D eigenvalue weighted by Crippen LogP contribution is -2.43. The van der Waals surface area contributed by atoms with Crippen LogP contribution in [0.25, 0.3) is 0 Å². The Labute approximate surface area is 223 Å². The summed E-state index contributed by atoms with van der Waals surface area (Å²) in [5, 5.41) is 0. The number of pyridine rings is 1. The van der Waals surface area contributed by atoms with Gasteiger partial charge >= 0.3 is 0 Å². The van der Waals surface area contributed by atoms with Gasteiger partial charge in [-0.1, -0.05) is 30.3 Å². The van der Waals surface area contributed by atoms with Gasteiger partial charge in [-0.05, 0) is 113 Å². The maximum absolute atomic E-state index is 14.0. The number of carbonyl (C=O) groups excluding carboxylic acids is 1. The molecule has 0 atom stereocenters. The van der Waals surface area contributed by atoms with Crippen molar-refractivity contribution in [2.75, 3.05) is 26.2 Å². The van der Waals surface area contributed by atoms with Crippen LogP contribution < -0.4 is 0 Å². The average molecular weight is 517 g/mol. The molecule has 2 aliphatic rings. The zero-order valence-electron chi connectivity index (χ0n) is 22.3. The van der Waals surface area contributed by atoms with E-state index >= 15 is 0 Å². The average Bonchev–Trinajstić information content (AvgIpc) is 3.16. The highest BCUT2D eigenvalue weighted by Gasteiger charge is 2.49. The Bertz CT molecular complexity index is 1280. The van der Waals surface area contributed by atoms with Crippen molar-refractivity contribution in [3.63, 3.8) is 0 Å². The molecule has 0 radical (unpaired) electrons. The first-order chi connectivity index (χ1) is 18.3. The number of amidine groups is 1. The topological polar surface area (TPSA) is 48.8 Å². The van der Waals surface area contributed by atoms with E-state index in [1.54, 1.807) is 29.2 Å². The molecule has 5 rings (SSSR count). The van der Waals surface area contributed by atoms with Gasteiger partial charge in [-0.15, -0.1) is 0 Å². The highest BCUT2D eigenvalue weighted by atomic mass is 19.1. The second-order valence-corrected chi connectivity index (χ2v) is 10.4. The molecule has 0 unspecified atom stereocenters. The number of nitrogens with zero attached hydrogens (tertiary/aromatic N) is 4. The summed E-state index contributed by atoms with van der Waals surface area (Å²) in [5.41, 5.74) is 3.35. The molecule has 2 aliphatic heterocycles. The van der Waals surface area contributed by atoms with Gasteiger partial charge < -0.3 is 4.90 Å². The number of likely N-dealkylation sites (tertiary alicyclic amines) is 1. The van der Waals surface area contributed by atoms with Crippen molar-refractivity contribution >= 4 is 11.7 Å². The number of carbonyl (C=O) groups is 1. The summed E-state index contributed by atoms with van der Waals surface area (Å²) in [6, 6.07) is 16.0. The molecule has 7 heteroatoms. The van der Waals surface area contributed by atoms with Crippen molar-refractivity contribution in [1.29, 1.82) is 0 Å². The van der Waals surface area contributed by atoms with Crippen LogP contribution >= 0.6 is 0 Å². The first-order valence-electron chi connectivity index (χ1n) is 13.3. The van der Waals surface area contributed by atoms with Gasteiger partial charge in [-0.3, -0.25) is 14.7 Å². The Kier molecular flexibility index (Phi) is 7.39. The number of hydrogen-bond donors (Lipinski definition) is 0. The molecule has 1 fully saturated rings. The quantitative estimate of drug-likeness (QED) is 0.402. The third kappa shape index (κ3) is 4.99. The number of aliphatic imine (C=N–C) groups is 1. The largest absolute Gasteiger partial charge is 0.303 e. The van der Waals surface area contributed by atoms with Gasteiger partial charge in [0.25, 0.3) is 5.91 Å². The van der Waals surface area contributed by atoms with Crippen LogP contribution in [0.1, 0.15) is 60.2 Å². The first kappa shape index (κ1) is 26.2. The van der Waals surface area contributed by atoms with Crippen molar-refractivity contribution in [3.05, 3.63) is 100 Å². The van der Waals surface area contributed by atoms with E-state index in [0.29, 0.717) is 29.4 Å². The minimum atomic E-state index is -1.34. The Morgan fingerprint density at radius 1 is 0.842 bits per heavy atom. The molecule has 198 valence electrons. The van der Waals surface area contributed by atoms with Gasteiger partial charge in [0.05, 0.1) is 0 Å². The fraction of sp³-hybridized carbons (Fsp3) is 0.387. The Hall–Kier alpha value is -3.45. The Morgan fingerprint density at radius 3 is 1.97 bits per heavy atom. The maximum atomic E-state index is 14.0. The van der Waals surface area contributed by atoms with Crippen molar-refractivity contribution < 1.29 is 13.6 Å². The van der Waals surface area contributed by atoms with Crippen LogP contribution in [0.5, 0.6) is 0 Å². The number of rotatable bonds is 7. The van der Waals surface area contributed by atoms with Gasteiger partial charge in [0.15, 0.2) is 5.54 Å². The smallest absolute Gasteiger partial charge is 0.265 e. The van der Waals surface area contributed by atoms with Crippen molar-refractivity contribution in [2.45, 2.75) is 51.5 Å². The van der Waals surface area contributed by atoms with E-state index in [-0.39, 0.29) is 17.5 Å². The maximum Gasteiger partial charge on any atom is 0.265 e. The zero-order chi connectivity index (χ0) is 26.9. The molecule has 1 amide bonds. The van der Waals surface area contributed by atoms with Crippen LogP contribution in [0.3, 0.4) is 0 Å². The fourth-order valence-electron chi connectivity index (χ4n) is 5.93. The van der Waals surface area contributed by atoms with Gasteiger partial charge in [-0.2, -0.15) is 0 Å². The normalized spacial score (nSPS) is 18.2. The molecular formula is C31H34F2N4O. The molecule has 1 saturated heterocycles. The minimum absolute atomic E-state index is 0.186. The molecule has 3 heterocycles. The minimum Gasteiger partial charge on any atom is -0.303 e. The number of hydrogen-bond acceptors (Lipinski definition) is 4. The van der Waals surface area contributed by atoms with Crippen molar-refractivity contribution in [2.24, 2.45) is 4.99 Å². The van der Waals surface area contributed by atoms with E-state index in [1.807, 2.05) is 13.8 Å². The van der Waals surface area contributed by atoms with Crippen LogP contribution in [-0.4, -0.2) is 52.7 Å². The third-order valence-corrected chi connectivity index (χ3v) is 7.95. The van der Waals surface area contributed by atoms with E-state index in [9.17, 15) is 13.6 Å². The molecule has 0 N–H and O–H groups in total. The van der Waals surface area contributed by atoms with Crippen LogP contribution in [0, 0.1) is 25.5 Å². The predicted molar refractivity (Wildman–Crippen MR) is 145 cm³/mol. The molecule has 0 spiro atoms. The number of halogens is 2. The highest BCUT2D eigenvalue weighted by molar-refractivity contribution is 6.09. The summed E-state index contributed by atoms with van der Waals surface area (Å²) in [7, 11) is 0. The Balaban J connectivity index is 1.25. The lowest BCUT2D eigenvalue weighted by atomic mass is 9.82. The van der Waals surface area contributed by atoms with E-state index in [0.717, 1.165) is 50.3 Å². The summed E-state index contributed by atoms with van der Waals surface area (Å²) in [6.45, 7) is 9.44. The van der Waals surface area contributed by atoms with Gasteiger partial charge in [0, 0.05) is 17.9 Å². The molecular weight excluding hydrogens is 482 g/mol. The molecule has 5 nitrogen and oxygen atoms in total. The summed E-state index contributed by atoms with van der Waals surface area (Å²) in [5.74, 6) is 0.201. The van der Waals surface area contributed by atoms with Crippen LogP contribution in [0.15, 0.2) is 65.7 Å². The SMILES string of the molecule is CC1=NC(c2ccc(F)cc2)(c2ccc(F)cc2)C(=O)N1CCCN1CCC(c2ccc(C)nc2C)CC1. The van der Waals surface area contributed by atoms with E-state index in [1.165, 1.54) is 29.8 Å². The lowest BCUT2D eigenvalue weighted by Gasteiger charge is -2.33. The second-order valence-electron chi connectivity index (χ2n) is 10.4. The molecule has 2 aromatic carbocycles. The summed E-state index contributed by atoms with van der Waals surface area (Å²) in [4.78, 5) is 27.6. The monoisotopic (exact) mass is 516 g/mol. The van der Waals surface area contributed by atoms with Crippen LogP contribution in [-0.2, 0) is 10.3 Å². The van der Waals surface area contributed by atoms with Gasteiger partial charge in [0.1, 0.15) is 17.5 Å². The van der Waals surface area contributed by atoms with Crippen LogP contribution in [0.4, 0.5) is 8.78 Å². The van der Waals surface area contributed by atoms with Crippen molar-refractivity contribution in [3.8, 4) is 0 Å². The lowest BCUT2D eigenvalue weighted by molar-refractivity contribution is -0.130. The van der Waals surface area contributed by atoms with E-state index < -0.39 is 5.54 Å². The molecule has 38 heavy (non-hydrogen) atoms. The number of aryl methyl sites for hydroxylation is 2. The third-order valence-electron chi connectivity index (χ3n) is 7.95. The number of benzene rings is 2. The number of amides is 1. The summed E-state index contributed by atoms with van der Waals surface area (Å²) in [6.07, 6.45) is 3.03. The molecule has 0 saturated carbocycles.